The zero-order valence-electron chi connectivity index (χ0n) is 13.9. The van der Waals surface area contributed by atoms with Gasteiger partial charge in [-0.3, -0.25) is 10.4 Å². The van der Waals surface area contributed by atoms with Crippen LogP contribution in [0.5, 0.6) is 0 Å². The molecular weight excluding hydrogens is 423 g/mol. The minimum atomic E-state index is 0.872. The summed E-state index contributed by atoms with van der Waals surface area (Å²) in [6, 6.07) is 18.5. The van der Waals surface area contributed by atoms with Crippen LogP contribution in [-0.4, -0.2) is 18.2 Å². The summed E-state index contributed by atoms with van der Waals surface area (Å²) in [6.07, 6.45) is 5.47. The normalized spacial score (nSPS) is 11.0. The van der Waals surface area contributed by atoms with Crippen molar-refractivity contribution in [3.63, 3.8) is 0 Å². The van der Waals surface area contributed by atoms with E-state index in [0.29, 0.717) is 0 Å². The highest BCUT2D eigenvalue weighted by atomic mass is 127. The lowest BCUT2D eigenvalue weighted by atomic mass is 10.1. The molecule has 0 saturated carbocycles. The van der Waals surface area contributed by atoms with Gasteiger partial charge in [0.05, 0.1) is 11.9 Å². The van der Waals surface area contributed by atoms with Gasteiger partial charge in [0.2, 0.25) is 0 Å². The summed E-state index contributed by atoms with van der Waals surface area (Å²) in [5.74, 6) is 0. The van der Waals surface area contributed by atoms with E-state index in [9.17, 15) is 0 Å². The number of aromatic nitrogens is 1. The number of benzene rings is 2. The highest BCUT2D eigenvalue weighted by Crippen LogP contribution is 2.20. The van der Waals surface area contributed by atoms with Crippen LogP contribution in [0.4, 0.5) is 5.69 Å². The second kappa shape index (κ2) is 8.73. The van der Waals surface area contributed by atoms with E-state index in [1.165, 1.54) is 9.13 Å². The molecule has 0 bridgehead atoms. The second-order valence-electron chi connectivity index (χ2n) is 5.57. The third-order valence-corrected chi connectivity index (χ3v) is 4.74. The van der Waals surface area contributed by atoms with E-state index < -0.39 is 0 Å². The molecular formula is C20H19IN4. The Kier molecular flexibility index (Phi) is 6.14. The first-order valence-corrected chi connectivity index (χ1v) is 9.07. The number of hydrazone groups is 1. The first-order valence-electron chi connectivity index (χ1n) is 7.99. The Morgan fingerprint density at radius 3 is 2.60 bits per heavy atom. The quantitative estimate of drug-likeness (QED) is 0.336. The molecule has 0 spiro atoms. The Morgan fingerprint density at radius 1 is 1.08 bits per heavy atom. The zero-order valence-corrected chi connectivity index (χ0v) is 16.1. The molecule has 0 radical (unpaired) electrons. The average molecular weight is 442 g/mol. The molecule has 25 heavy (non-hydrogen) atoms. The summed E-state index contributed by atoms with van der Waals surface area (Å²) < 4.78 is 1.23. The van der Waals surface area contributed by atoms with Gasteiger partial charge in [0, 0.05) is 22.5 Å². The molecule has 0 aliphatic rings. The summed E-state index contributed by atoms with van der Waals surface area (Å²) in [4.78, 5) is 4.15. The van der Waals surface area contributed by atoms with Gasteiger partial charge in [0.1, 0.15) is 0 Å². The van der Waals surface area contributed by atoms with Gasteiger partial charge in [-0.15, -0.1) is 0 Å². The molecule has 0 aliphatic carbocycles. The first kappa shape index (κ1) is 17.6. The summed E-state index contributed by atoms with van der Waals surface area (Å²) in [5, 5.41) is 7.50. The first-order chi connectivity index (χ1) is 12.3. The van der Waals surface area contributed by atoms with Gasteiger partial charge in [0.25, 0.3) is 0 Å². The molecule has 2 aromatic carbocycles. The zero-order chi connectivity index (χ0) is 17.5. The molecule has 126 valence electrons. The van der Waals surface area contributed by atoms with Crippen molar-refractivity contribution < 1.29 is 0 Å². The van der Waals surface area contributed by atoms with Crippen LogP contribution in [0, 0.1) is 3.57 Å². The number of pyridine rings is 1. The lowest BCUT2D eigenvalue weighted by Crippen LogP contribution is -2.06. The summed E-state index contributed by atoms with van der Waals surface area (Å²) in [7, 11) is 1.95. The molecule has 0 atom stereocenters. The van der Waals surface area contributed by atoms with Crippen molar-refractivity contribution in [2.75, 3.05) is 12.5 Å². The van der Waals surface area contributed by atoms with Crippen LogP contribution in [0.1, 0.15) is 11.1 Å². The molecule has 0 saturated heterocycles. The van der Waals surface area contributed by atoms with E-state index in [1.54, 1.807) is 6.20 Å². The molecule has 2 N–H and O–H groups in total. The van der Waals surface area contributed by atoms with Crippen LogP contribution in [0.3, 0.4) is 0 Å². The predicted octanol–water partition coefficient (Wildman–Crippen LogP) is 4.52. The largest absolute Gasteiger partial charge is 0.316 e. The maximum Gasteiger partial charge on any atom is 0.0562 e. The Morgan fingerprint density at radius 2 is 1.92 bits per heavy atom. The van der Waals surface area contributed by atoms with Crippen LogP contribution in [-0.2, 0) is 6.54 Å². The Balaban J connectivity index is 1.63. The van der Waals surface area contributed by atoms with Crippen molar-refractivity contribution >= 4 is 34.5 Å². The fourth-order valence-corrected chi connectivity index (χ4v) is 3.16. The van der Waals surface area contributed by atoms with Crippen LogP contribution in [0.15, 0.2) is 72.1 Å². The van der Waals surface area contributed by atoms with E-state index in [4.69, 9.17) is 0 Å². The molecule has 0 amide bonds. The number of anilines is 1. The number of hydrogen-bond donors (Lipinski definition) is 2. The SMILES string of the molecule is CNCc1ccc(/C=N/Nc2ccc(-c3cccnc3)cc2)cc1I. The predicted molar refractivity (Wildman–Crippen MR) is 113 cm³/mol. The van der Waals surface area contributed by atoms with E-state index >= 15 is 0 Å². The third kappa shape index (κ3) is 4.87. The molecule has 3 aromatic rings. The van der Waals surface area contributed by atoms with Gasteiger partial charge >= 0.3 is 0 Å². The Labute approximate surface area is 161 Å². The van der Waals surface area contributed by atoms with Gasteiger partial charge in [-0.05, 0) is 76.2 Å². The third-order valence-electron chi connectivity index (χ3n) is 3.73. The van der Waals surface area contributed by atoms with Gasteiger partial charge < -0.3 is 5.32 Å². The molecule has 0 aliphatic heterocycles. The molecule has 0 fully saturated rings. The van der Waals surface area contributed by atoms with Crippen molar-refractivity contribution in [2.24, 2.45) is 5.10 Å². The van der Waals surface area contributed by atoms with Crippen molar-refractivity contribution in [3.8, 4) is 11.1 Å². The molecule has 3 rings (SSSR count). The number of rotatable bonds is 6. The van der Waals surface area contributed by atoms with Crippen molar-refractivity contribution in [1.29, 1.82) is 0 Å². The minimum Gasteiger partial charge on any atom is -0.316 e. The number of nitrogens with one attached hydrogen (secondary N) is 2. The van der Waals surface area contributed by atoms with E-state index in [1.807, 2.05) is 43.7 Å². The Bertz CT molecular complexity index is 845. The van der Waals surface area contributed by atoms with Gasteiger partial charge in [0.15, 0.2) is 0 Å². The van der Waals surface area contributed by atoms with Crippen molar-refractivity contribution in [2.45, 2.75) is 6.54 Å². The maximum atomic E-state index is 4.32. The summed E-state index contributed by atoms with van der Waals surface area (Å²) >= 11 is 2.35. The topological polar surface area (TPSA) is 49.3 Å². The lowest BCUT2D eigenvalue weighted by Gasteiger charge is -2.05. The molecule has 1 aromatic heterocycles. The number of nitrogens with zero attached hydrogens (tertiary/aromatic N) is 2. The van der Waals surface area contributed by atoms with Crippen LogP contribution in [0.25, 0.3) is 11.1 Å². The van der Waals surface area contributed by atoms with Crippen LogP contribution >= 0.6 is 22.6 Å². The lowest BCUT2D eigenvalue weighted by molar-refractivity contribution is 0.814. The highest BCUT2D eigenvalue weighted by molar-refractivity contribution is 14.1. The average Bonchev–Trinajstić information content (AvgIpc) is 2.65. The fraction of sp³-hybridized carbons (Fsp3) is 0.100. The van der Waals surface area contributed by atoms with Crippen LogP contribution in [0.2, 0.25) is 0 Å². The molecule has 5 heteroatoms. The molecule has 0 unspecified atom stereocenters. The maximum absolute atomic E-state index is 4.32. The standard InChI is InChI=1S/C20H19IN4/c1-22-13-18-5-4-15(11-20(18)21)12-24-25-19-8-6-16(7-9-19)17-3-2-10-23-14-17/h2-12,14,22,25H,13H2,1H3/b24-12+. The fourth-order valence-electron chi connectivity index (χ4n) is 2.43. The number of halogens is 1. The summed E-state index contributed by atoms with van der Waals surface area (Å²) in [6.45, 7) is 0.872. The van der Waals surface area contributed by atoms with Gasteiger partial charge in [-0.25, -0.2) is 0 Å². The van der Waals surface area contributed by atoms with Crippen LogP contribution < -0.4 is 10.7 Å². The minimum absolute atomic E-state index is 0.872. The highest BCUT2D eigenvalue weighted by Gasteiger charge is 2.00. The van der Waals surface area contributed by atoms with E-state index in [0.717, 1.165) is 28.9 Å². The smallest absolute Gasteiger partial charge is 0.0562 e. The van der Waals surface area contributed by atoms with Gasteiger partial charge in [-0.1, -0.05) is 30.3 Å². The number of hydrogen-bond acceptors (Lipinski definition) is 4. The van der Waals surface area contributed by atoms with Gasteiger partial charge in [-0.2, -0.15) is 5.10 Å². The summed E-state index contributed by atoms with van der Waals surface area (Å²) in [5.41, 5.74) is 8.63. The van der Waals surface area contributed by atoms with Crippen molar-refractivity contribution in [3.05, 3.63) is 81.7 Å². The van der Waals surface area contributed by atoms with Crippen molar-refractivity contribution in [1.82, 2.24) is 10.3 Å². The monoisotopic (exact) mass is 442 g/mol. The molecule has 4 nitrogen and oxygen atoms in total. The van der Waals surface area contributed by atoms with E-state index in [2.05, 4.69) is 73.8 Å². The molecule has 1 heterocycles. The second-order valence-corrected chi connectivity index (χ2v) is 6.73. The van der Waals surface area contributed by atoms with E-state index in [-0.39, 0.29) is 0 Å². The Hall–Kier alpha value is -2.25.